The maximum atomic E-state index is 12.9. The first kappa shape index (κ1) is 22.5. The first-order valence-electron chi connectivity index (χ1n) is 9.70. The van der Waals surface area contributed by atoms with Gasteiger partial charge < -0.3 is 9.84 Å². The van der Waals surface area contributed by atoms with Crippen LogP contribution in [-0.2, 0) is 6.54 Å². The number of hydrogen-bond acceptors (Lipinski definition) is 5. The molecule has 0 saturated carbocycles. The maximum Gasteiger partial charge on any atom is 0.446 e. The molecule has 0 aliphatic rings. The number of pyridine rings is 1. The molecular weight excluding hydrogens is 455 g/mol. The predicted molar refractivity (Wildman–Crippen MR) is 119 cm³/mol. The molecule has 0 bridgehead atoms. The van der Waals surface area contributed by atoms with Crippen molar-refractivity contribution in [2.24, 2.45) is 0 Å². The first-order chi connectivity index (χ1) is 15.7. The number of aromatic nitrogens is 3. The van der Waals surface area contributed by atoms with Gasteiger partial charge >= 0.3 is 11.2 Å². The molecule has 2 heterocycles. The van der Waals surface area contributed by atoms with Crippen molar-refractivity contribution in [3.05, 3.63) is 89.1 Å². The number of hydrogen-bond donors (Lipinski definition) is 1. The Morgan fingerprint density at radius 3 is 2.39 bits per heavy atom. The van der Waals surface area contributed by atoms with E-state index in [0.717, 1.165) is 21.4 Å². The fraction of sp³-hybridized carbons (Fsp3) is 0.130. The van der Waals surface area contributed by atoms with E-state index in [1.807, 2.05) is 30.3 Å². The zero-order valence-corrected chi connectivity index (χ0v) is 18.1. The third-order valence-corrected chi connectivity index (χ3v) is 5.57. The molecule has 4 rings (SSSR count). The van der Waals surface area contributed by atoms with Crippen LogP contribution in [0.2, 0.25) is 0 Å². The SMILES string of the molecule is COc1ccc(-c2cc(Cn3cc(O)n(-c4ccc(SC(F)(F)F)cc4)c3=O)ccn2)cc1. The van der Waals surface area contributed by atoms with Crippen molar-refractivity contribution in [2.75, 3.05) is 7.11 Å². The number of rotatable bonds is 6. The highest BCUT2D eigenvalue weighted by Crippen LogP contribution is 2.37. The molecule has 0 saturated heterocycles. The van der Waals surface area contributed by atoms with Gasteiger partial charge in [-0.25, -0.2) is 9.36 Å². The molecule has 0 radical (unpaired) electrons. The van der Waals surface area contributed by atoms with Gasteiger partial charge in [0.2, 0.25) is 5.88 Å². The second-order valence-electron chi connectivity index (χ2n) is 7.05. The van der Waals surface area contributed by atoms with Gasteiger partial charge in [-0.05, 0) is 78.0 Å². The summed E-state index contributed by atoms with van der Waals surface area (Å²) < 4.78 is 45.1. The monoisotopic (exact) mass is 473 g/mol. The molecule has 33 heavy (non-hydrogen) atoms. The van der Waals surface area contributed by atoms with Crippen LogP contribution in [0.15, 0.2) is 82.7 Å². The van der Waals surface area contributed by atoms with Gasteiger partial charge in [0.25, 0.3) is 0 Å². The molecule has 10 heteroatoms. The lowest BCUT2D eigenvalue weighted by Gasteiger charge is -2.08. The molecule has 0 fully saturated rings. The van der Waals surface area contributed by atoms with Crippen LogP contribution in [0, 0.1) is 0 Å². The summed E-state index contributed by atoms with van der Waals surface area (Å²) in [7, 11) is 1.59. The van der Waals surface area contributed by atoms with Gasteiger partial charge in [-0.1, -0.05) is 0 Å². The average Bonchev–Trinajstić information content (AvgIpc) is 3.06. The Hall–Kier alpha value is -3.66. The summed E-state index contributed by atoms with van der Waals surface area (Å²) in [6, 6.07) is 16.2. The molecule has 2 aromatic carbocycles. The third-order valence-electron chi connectivity index (χ3n) is 4.83. The van der Waals surface area contributed by atoms with Gasteiger partial charge in [0.1, 0.15) is 5.75 Å². The van der Waals surface area contributed by atoms with Crippen LogP contribution in [-0.4, -0.2) is 31.8 Å². The summed E-state index contributed by atoms with van der Waals surface area (Å²) in [6.45, 7) is 0.174. The Morgan fingerprint density at radius 2 is 1.76 bits per heavy atom. The number of imidazole rings is 1. The van der Waals surface area contributed by atoms with Crippen LogP contribution >= 0.6 is 11.8 Å². The van der Waals surface area contributed by atoms with E-state index in [1.165, 1.54) is 35.0 Å². The molecule has 2 aromatic heterocycles. The summed E-state index contributed by atoms with van der Waals surface area (Å²) >= 11 is -0.246. The van der Waals surface area contributed by atoms with Crippen molar-refractivity contribution in [1.82, 2.24) is 14.1 Å². The predicted octanol–water partition coefficient (Wildman–Crippen LogP) is 5.08. The lowest BCUT2D eigenvalue weighted by atomic mass is 10.1. The van der Waals surface area contributed by atoms with Crippen molar-refractivity contribution in [2.45, 2.75) is 16.9 Å². The quantitative estimate of drug-likeness (QED) is 0.396. The lowest BCUT2D eigenvalue weighted by Crippen LogP contribution is -2.23. The zero-order valence-electron chi connectivity index (χ0n) is 17.3. The number of ether oxygens (including phenoxy) is 1. The van der Waals surface area contributed by atoms with Gasteiger partial charge in [-0.2, -0.15) is 13.2 Å². The number of methoxy groups -OCH3 is 1. The molecule has 0 unspecified atom stereocenters. The van der Waals surface area contributed by atoms with E-state index in [4.69, 9.17) is 4.74 Å². The van der Waals surface area contributed by atoms with Crippen molar-refractivity contribution in [1.29, 1.82) is 0 Å². The van der Waals surface area contributed by atoms with Crippen LogP contribution in [0.4, 0.5) is 13.2 Å². The van der Waals surface area contributed by atoms with Crippen molar-refractivity contribution >= 4 is 11.8 Å². The number of aromatic hydroxyl groups is 1. The Bertz CT molecular complexity index is 1310. The number of halogens is 3. The topological polar surface area (TPSA) is 69.3 Å². The summed E-state index contributed by atoms with van der Waals surface area (Å²) in [6.07, 6.45) is 2.92. The first-order valence-corrected chi connectivity index (χ1v) is 10.5. The van der Waals surface area contributed by atoms with Gasteiger partial charge in [0.05, 0.1) is 31.2 Å². The van der Waals surface area contributed by atoms with Crippen molar-refractivity contribution < 1.29 is 23.0 Å². The van der Waals surface area contributed by atoms with Crippen LogP contribution < -0.4 is 10.4 Å². The fourth-order valence-electron chi connectivity index (χ4n) is 3.32. The molecule has 1 N–H and O–H groups in total. The van der Waals surface area contributed by atoms with Crippen LogP contribution in [0.25, 0.3) is 16.9 Å². The minimum absolute atomic E-state index is 0.0129. The van der Waals surface area contributed by atoms with Gasteiger partial charge in [0, 0.05) is 16.7 Å². The van der Waals surface area contributed by atoms with E-state index < -0.39 is 11.2 Å². The number of benzene rings is 2. The highest BCUT2D eigenvalue weighted by molar-refractivity contribution is 8.00. The normalized spacial score (nSPS) is 11.5. The minimum Gasteiger partial charge on any atom is -0.497 e. The molecule has 4 aromatic rings. The molecule has 6 nitrogen and oxygen atoms in total. The average molecular weight is 473 g/mol. The number of nitrogens with zero attached hydrogens (tertiary/aromatic N) is 3. The largest absolute Gasteiger partial charge is 0.497 e. The molecule has 0 aliphatic carbocycles. The summed E-state index contributed by atoms with van der Waals surface area (Å²) in [4.78, 5) is 17.2. The van der Waals surface area contributed by atoms with E-state index in [-0.39, 0.29) is 34.8 Å². The van der Waals surface area contributed by atoms with Crippen LogP contribution in [0.3, 0.4) is 0 Å². The molecular formula is C23H18F3N3O3S. The zero-order chi connectivity index (χ0) is 23.6. The smallest absolute Gasteiger partial charge is 0.446 e. The van der Waals surface area contributed by atoms with E-state index in [0.29, 0.717) is 5.69 Å². The highest BCUT2D eigenvalue weighted by atomic mass is 32.2. The lowest BCUT2D eigenvalue weighted by molar-refractivity contribution is -0.0328. The van der Waals surface area contributed by atoms with E-state index in [1.54, 1.807) is 19.4 Å². The van der Waals surface area contributed by atoms with E-state index in [2.05, 4.69) is 4.98 Å². The Balaban J connectivity index is 1.58. The second-order valence-corrected chi connectivity index (χ2v) is 8.19. The number of thioether (sulfide) groups is 1. The van der Waals surface area contributed by atoms with E-state index >= 15 is 0 Å². The number of alkyl halides is 3. The highest BCUT2D eigenvalue weighted by Gasteiger charge is 2.29. The summed E-state index contributed by atoms with van der Waals surface area (Å²) in [5.74, 6) is 0.406. The van der Waals surface area contributed by atoms with E-state index in [9.17, 15) is 23.1 Å². The standard InChI is InChI=1S/C23H18F3N3O3S/c1-32-18-6-2-16(3-7-18)20-12-15(10-11-27-20)13-28-14-21(30)29(22(28)31)17-4-8-19(9-5-17)33-23(24,25)26/h2-12,14,30H,13H2,1H3. The Labute approximate surface area is 190 Å². The molecule has 0 atom stereocenters. The molecule has 0 amide bonds. The Kier molecular flexibility index (Phi) is 6.19. The second kappa shape index (κ2) is 9.07. The maximum absolute atomic E-state index is 12.9. The van der Waals surface area contributed by atoms with Crippen molar-refractivity contribution in [3.63, 3.8) is 0 Å². The summed E-state index contributed by atoms with van der Waals surface area (Å²) in [5, 5.41) is 10.3. The minimum atomic E-state index is -4.40. The Morgan fingerprint density at radius 1 is 1.06 bits per heavy atom. The van der Waals surface area contributed by atoms with Gasteiger partial charge in [-0.15, -0.1) is 0 Å². The van der Waals surface area contributed by atoms with Gasteiger partial charge in [-0.3, -0.25) is 9.55 Å². The third kappa shape index (κ3) is 5.23. The van der Waals surface area contributed by atoms with Crippen LogP contribution in [0.5, 0.6) is 11.6 Å². The fourth-order valence-corrected chi connectivity index (χ4v) is 3.86. The van der Waals surface area contributed by atoms with Crippen LogP contribution in [0.1, 0.15) is 5.56 Å². The molecule has 0 aliphatic heterocycles. The molecule has 170 valence electrons. The van der Waals surface area contributed by atoms with Crippen molar-refractivity contribution in [3.8, 4) is 28.6 Å². The van der Waals surface area contributed by atoms with Gasteiger partial charge in [0.15, 0.2) is 0 Å². The summed E-state index contributed by atoms with van der Waals surface area (Å²) in [5.41, 5.74) is -2.29. The molecule has 0 spiro atoms.